The van der Waals surface area contributed by atoms with E-state index in [-0.39, 0.29) is 30.7 Å². The smallest absolute Gasteiger partial charge is 0.245 e. The Morgan fingerprint density at radius 2 is 2.41 bits per heavy atom. The third-order valence-corrected chi connectivity index (χ3v) is 3.41. The van der Waals surface area contributed by atoms with Gasteiger partial charge in [-0.15, -0.1) is 0 Å². The number of hydrogen-bond donors (Lipinski definition) is 2. The molecule has 0 aromatic carbocycles. The highest BCUT2D eigenvalue weighted by Crippen LogP contribution is 2.24. The normalized spacial score (nSPS) is 17.2. The molecular weight excluding hydrogens is 286 g/mol. The summed E-state index contributed by atoms with van der Waals surface area (Å²) < 4.78 is 6.65. The van der Waals surface area contributed by atoms with Crippen LogP contribution in [0, 0.1) is 0 Å². The maximum atomic E-state index is 12.4. The number of carbonyl (C=O) groups excluding carboxylic acids is 2. The molecule has 2 N–H and O–H groups in total. The molecule has 2 aromatic rings. The lowest BCUT2D eigenvalue weighted by molar-refractivity contribution is -0.129. The Morgan fingerprint density at radius 3 is 3.09 bits per heavy atom. The average Bonchev–Trinajstić information content (AvgIpc) is 3.12. The number of rotatable bonds is 4. The maximum Gasteiger partial charge on any atom is 0.245 e. The van der Waals surface area contributed by atoms with Crippen LogP contribution < -0.4 is 10.6 Å². The summed E-state index contributed by atoms with van der Waals surface area (Å²) in [4.78, 5) is 28.4. The quantitative estimate of drug-likeness (QED) is 0.883. The van der Waals surface area contributed by atoms with Crippen LogP contribution in [-0.2, 0) is 16.1 Å². The third kappa shape index (κ3) is 2.72. The predicted octanol–water partition coefficient (Wildman–Crippen LogP) is 1.19. The highest BCUT2D eigenvalue weighted by Gasteiger charge is 2.33. The Bertz CT molecular complexity index is 689. The Balaban J connectivity index is 1.78. The van der Waals surface area contributed by atoms with Crippen molar-refractivity contribution < 1.29 is 14.0 Å². The first-order chi connectivity index (χ1) is 10.5. The maximum absolute atomic E-state index is 12.4. The molecule has 3 heterocycles. The Labute approximate surface area is 126 Å². The Kier molecular flexibility index (Phi) is 3.66. The average molecular weight is 303 g/mol. The summed E-state index contributed by atoms with van der Waals surface area (Å²) in [6.45, 7) is 4.18. The van der Waals surface area contributed by atoms with Crippen molar-refractivity contribution in [3.05, 3.63) is 30.0 Å². The van der Waals surface area contributed by atoms with E-state index in [0.29, 0.717) is 17.5 Å². The van der Waals surface area contributed by atoms with Gasteiger partial charge in [0.1, 0.15) is 11.8 Å². The summed E-state index contributed by atoms with van der Waals surface area (Å²) in [5, 5.41) is 9.73. The standard InChI is InChI=1S/C14H17N5O3/c1-8(2)12-17-14-16-11(20)6-10(19(14)18-12)13(21)15-7-9-4-3-5-22-9/h3-5,8,10H,6-7H2,1-2H3,(H,15,21)(H,16,17,18,20)/t10-/m1/s1. The zero-order chi connectivity index (χ0) is 15.7. The molecule has 3 rings (SSSR count). The number of amides is 2. The van der Waals surface area contributed by atoms with Crippen molar-refractivity contribution in [1.29, 1.82) is 0 Å². The summed E-state index contributed by atoms with van der Waals surface area (Å²) in [5.41, 5.74) is 0. The molecule has 116 valence electrons. The van der Waals surface area contributed by atoms with Crippen LogP contribution in [0.15, 0.2) is 22.8 Å². The highest BCUT2D eigenvalue weighted by molar-refractivity contribution is 5.96. The largest absolute Gasteiger partial charge is 0.467 e. The topological polar surface area (TPSA) is 102 Å². The molecule has 2 amide bonds. The van der Waals surface area contributed by atoms with E-state index in [1.807, 2.05) is 13.8 Å². The monoisotopic (exact) mass is 303 g/mol. The second-order valence-corrected chi connectivity index (χ2v) is 5.46. The lowest BCUT2D eigenvalue weighted by Crippen LogP contribution is -2.39. The van der Waals surface area contributed by atoms with Crippen molar-refractivity contribution >= 4 is 17.8 Å². The minimum Gasteiger partial charge on any atom is -0.467 e. The lowest BCUT2D eigenvalue weighted by atomic mass is 10.1. The van der Waals surface area contributed by atoms with Crippen LogP contribution in [0.1, 0.15) is 43.8 Å². The number of carbonyl (C=O) groups is 2. The fourth-order valence-corrected chi connectivity index (χ4v) is 2.23. The summed E-state index contributed by atoms with van der Waals surface area (Å²) in [6.07, 6.45) is 1.58. The van der Waals surface area contributed by atoms with E-state index in [2.05, 4.69) is 20.7 Å². The number of hydrogen-bond acceptors (Lipinski definition) is 5. The number of aromatic nitrogens is 3. The van der Waals surface area contributed by atoms with Crippen molar-refractivity contribution in [2.45, 2.75) is 38.8 Å². The molecule has 8 nitrogen and oxygen atoms in total. The van der Waals surface area contributed by atoms with Gasteiger partial charge in [0.2, 0.25) is 17.8 Å². The number of nitrogens with zero attached hydrogens (tertiary/aromatic N) is 3. The molecule has 0 aliphatic carbocycles. The van der Waals surface area contributed by atoms with E-state index in [4.69, 9.17) is 4.42 Å². The van der Waals surface area contributed by atoms with E-state index in [1.54, 1.807) is 18.4 Å². The van der Waals surface area contributed by atoms with Gasteiger partial charge in [0.15, 0.2) is 5.82 Å². The van der Waals surface area contributed by atoms with E-state index in [1.165, 1.54) is 4.68 Å². The van der Waals surface area contributed by atoms with E-state index in [9.17, 15) is 9.59 Å². The molecule has 1 aliphatic heterocycles. The van der Waals surface area contributed by atoms with Crippen LogP contribution in [0.4, 0.5) is 5.95 Å². The molecule has 0 unspecified atom stereocenters. The molecule has 0 saturated heterocycles. The van der Waals surface area contributed by atoms with Crippen LogP contribution >= 0.6 is 0 Å². The number of anilines is 1. The molecule has 1 aliphatic rings. The van der Waals surface area contributed by atoms with Crippen molar-refractivity contribution in [2.75, 3.05) is 5.32 Å². The van der Waals surface area contributed by atoms with Crippen molar-refractivity contribution in [3.8, 4) is 0 Å². The Morgan fingerprint density at radius 1 is 1.59 bits per heavy atom. The molecule has 8 heteroatoms. The molecule has 2 aromatic heterocycles. The van der Waals surface area contributed by atoms with Gasteiger partial charge in [0.25, 0.3) is 0 Å². The molecule has 22 heavy (non-hydrogen) atoms. The van der Waals surface area contributed by atoms with Gasteiger partial charge in [-0.2, -0.15) is 10.1 Å². The van der Waals surface area contributed by atoms with E-state index < -0.39 is 6.04 Å². The summed E-state index contributed by atoms with van der Waals surface area (Å²) in [6, 6.07) is 2.82. The summed E-state index contributed by atoms with van der Waals surface area (Å²) in [7, 11) is 0. The van der Waals surface area contributed by atoms with E-state index >= 15 is 0 Å². The molecular formula is C14H17N5O3. The zero-order valence-corrected chi connectivity index (χ0v) is 12.4. The van der Waals surface area contributed by atoms with Crippen LogP contribution in [-0.4, -0.2) is 26.6 Å². The molecule has 0 spiro atoms. The summed E-state index contributed by atoms with van der Waals surface area (Å²) >= 11 is 0. The van der Waals surface area contributed by atoms with E-state index in [0.717, 1.165) is 0 Å². The number of nitrogens with one attached hydrogen (secondary N) is 2. The van der Waals surface area contributed by atoms with Crippen LogP contribution in [0.5, 0.6) is 0 Å². The number of furan rings is 1. The zero-order valence-electron chi connectivity index (χ0n) is 12.4. The van der Waals surface area contributed by atoms with Crippen LogP contribution in [0.25, 0.3) is 0 Å². The summed E-state index contributed by atoms with van der Waals surface area (Å²) in [5.74, 6) is 1.15. The third-order valence-electron chi connectivity index (χ3n) is 3.41. The molecule has 0 bridgehead atoms. The van der Waals surface area contributed by atoms with Gasteiger partial charge in [-0.1, -0.05) is 13.8 Å². The second kappa shape index (κ2) is 5.63. The van der Waals surface area contributed by atoms with Crippen LogP contribution in [0.3, 0.4) is 0 Å². The van der Waals surface area contributed by atoms with Gasteiger partial charge in [-0.3, -0.25) is 14.9 Å². The minimum absolute atomic E-state index is 0.0396. The van der Waals surface area contributed by atoms with Crippen molar-refractivity contribution in [3.63, 3.8) is 0 Å². The van der Waals surface area contributed by atoms with Crippen molar-refractivity contribution in [1.82, 2.24) is 20.1 Å². The molecule has 0 saturated carbocycles. The first-order valence-corrected chi connectivity index (χ1v) is 7.11. The minimum atomic E-state index is -0.696. The molecule has 0 radical (unpaired) electrons. The first-order valence-electron chi connectivity index (χ1n) is 7.11. The fourth-order valence-electron chi connectivity index (χ4n) is 2.23. The second-order valence-electron chi connectivity index (χ2n) is 5.46. The number of fused-ring (bicyclic) bond motifs is 1. The lowest BCUT2D eigenvalue weighted by Gasteiger charge is -2.22. The van der Waals surface area contributed by atoms with Gasteiger partial charge >= 0.3 is 0 Å². The first kappa shape index (κ1) is 14.3. The predicted molar refractivity (Wildman–Crippen MR) is 76.9 cm³/mol. The van der Waals surface area contributed by atoms with Crippen molar-refractivity contribution in [2.24, 2.45) is 0 Å². The highest BCUT2D eigenvalue weighted by atomic mass is 16.3. The fraction of sp³-hybridized carbons (Fsp3) is 0.429. The SMILES string of the molecule is CC(C)c1nc2n(n1)[C@@H](C(=O)NCc1ccco1)CC(=O)N2. The van der Waals surface area contributed by atoms with Gasteiger partial charge in [0.05, 0.1) is 19.2 Å². The van der Waals surface area contributed by atoms with Gasteiger partial charge in [0, 0.05) is 5.92 Å². The van der Waals surface area contributed by atoms with Gasteiger partial charge < -0.3 is 9.73 Å². The van der Waals surface area contributed by atoms with Gasteiger partial charge in [-0.05, 0) is 12.1 Å². The van der Waals surface area contributed by atoms with Crippen LogP contribution in [0.2, 0.25) is 0 Å². The molecule has 0 fully saturated rings. The van der Waals surface area contributed by atoms with Gasteiger partial charge in [-0.25, -0.2) is 4.68 Å². The molecule has 1 atom stereocenters. The Hall–Kier alpha value is -2.64.